The fraction of sp³-hybridized carbons (Fsp3) is 0.471. The Balaban J connectivity index is 1.56. The zero-order chi connectivity index (χ0) is 14.6. The van der Waals surface area contributed by atoms with Gasteiger partial charge in [-0.15, -0.1) is 0 Å². The Morgan fingerprint density at radius 1 is 1.24 bits per heavy atom. The van der Waals surface area contributed by atoms with E-state index in [9.17, 15) is 9.90 Å². The number of rotatable bonds is 3. The molecule has 4 atom stereocenters. The van der Waals surface area contributed by atoms with Crippen molar-refractivity contribution in [2.75, 3.05) is 11.9 Å². The number of halogens is 1. The van der Waals surface area contributed by atoms with Crippen LogP contribution in [-0.2, 0) is 4.79 Å². The van der Waals surface area contributed by atoms with E-state index in [1.54, 1.807) is 0 Å². The fourth-order valence-electron chi connectivity index (χ4n) is 4.54. The van der Waals surface area contributed by atoms with Gasteiger partial charge < -0.3 is 10.4 Å². The van der Waals surface area contributed by atoms with Gasteiger partial charge in [0.1, 0.15) is 0 Å². The number of nitrogens with one attached hydrogen (secondary N) is 1. The van der Waals surface area contributed by atoms with Crippen LogP contribution in [0.5, 0.6) is 0 Å². The highest BCUT2D eigenvalue weighted by Gasteiger charge is 2.67. The molecule has 1 aromatic carbocycles. The highest BCUT2D eigenvalue weighted by molar-refractivity contribution is 9.10. The van der Waals surface area contributed by atoms with Crippen molar-refractivity contribution < 1.29 is 9.90 Å². The minimum Gasteiger partial charge on any atom is -0.396 e. The second kappa shape index (κ2) is 4.68. The molecule has 4 unspecified atom stereocenters. The summed E-state index contributed by atoms with van der Waals surface area (Å²) in [5.74, 6) is 0.761. The van der Waals surface area contributed by atoms with Crippen LogP contribution in [0.3, 0.4) is 0 Å². The first-order valence-electron chi connectivity index (χ1n) is 7.51. The number of carbonyl (C=O) groups is 1. The number of carbonyl (C=O) groups excluding carboxylic acids is 1. The molecule has 4 rings (SSSR count). The quantitative estimate of drug-likeness (QED) is 0.824. The fourth-order valence-corrected chi connectivity index (χ4v) is 4.80. The third-order valence-corrected chi connectivity index (χ3v) is 6.14. The van der Waals surface area contributed by atoms with Crippen molar-refractivity contribution >= 4 is 27.5 Å². The molecule has 0 aromatic heterocycles. The van der Waals surface area contributed by atoms with Crippen LogP contribution in [0, 0.1) is 29.1 Å². The maximum atomic E-state index is 12.7. The van der Waals surface area contributed by atoms with E-state index in [2.05, 4.69) is 33.4 Å². The molecule has 2 saturated carbocycles. The Morgan fingerprint density at radius 3 is 2.52 bits per heavy atom. The van der Waals surface area contributed by atoms with E-state index >= 15 is 0 Å². The summed E-state index contributed by atoms with van der Waals surface area (Å²) in [5.41, 5.74) is 1.12. The van der Waals surface area contributed by atoms with Crippen LogP contribution in [0.4, 0.5) is 5.69 Å². The first kappa shape index (κ1) is 13.5. The molecule has 0 radical (unpaired) electrons. The Bertz CT molecular complexity index is 606. The maximum Gasteiger partial charge on any atom is 0.228 e. The number of hydrogen-bond donors (Lipinski definition) is 2. The summed E-state index contributed by atoms with van der Waals surface area (Å²) < 4.78 is 0.994. The van der Waals surface area contributed by atoms with Gasteiger partial charge >= 0.3 is 0 Å². The van der Waals surface area contributed by atoms with Crippen molar-refractivity contribution in [3.05, 3.63) is 40.9 Å². The first-order valence-corrected chi connectivity index (χ1v) is 8.31. The summed E-state index contributed by atoms with van der Waals surface area (Å²) in [6, 6.07) is 7.63. The van der Waals surface area contributed by atoms with Gasteiger partial charge in [-0.25, -0.2) is 0 Å². The van der Waals surface area contributed by atoms with E-state index in [-0.39, 0.29) is 24.3 Å². The predicted octanol–water partition coefficient (Wildman–Crippen LogP) is 3.21. The lowest BCUT2D eigenvalue weighted by molar-refractivity contribution is -0.122. The zero-order valence-electron chi connectivity index (χ0n) is 11.6. The van der Waals surface area contributed by atoms with Crippen molar-refractivity contribution in [1.82, 2.24) is 0 Å². The van der Waals surface area contributed by atoms with Crippen molar-refractivity contribution in [2.24, 2.45) is 29.1 Å². The topological polar surface area (TPSA) is 49.3 Å². The molecule has 3 nitrogen and oxygen atoms in total. The molecule has 2 bridgehead atoms. The lowest BCUT2D eigenvalue weighted by Crippen LogP contribution is -2.34. The molecule has 110 valence electrons. The molecule has 0 aliphatic heterocycles. The van der Waals surface area contributed by atoms with Gasteiger partial charge in [0.15, 0.2) is 0 Å². The lowest BCUT2D eigenvalue weighted by Gasteiger charge is -2.25. The number of aliphatic hydroxyl groups is 1. The molecule has 1 spiro atoms. The second-order valence-corrected chi connectivity index (χ2v) is 7.45. The van der Waals surface area contributed by atoms with E-state index in [0.29, 0.717) is 17.3 Å². The number of allylic oxidation sites excluding steroid dienone is 2. The van der Waals surface area contributed by atoms with E-state index in [1.807, 2.05) is 24.3 Å². The number of hydrogen-bond acceptors (Lipinski definition) is 2. The highest BCUT2D eigenvalue weighted by Crippen LogP contribution is 2.71. The third kappa shape index (κ3) is 1.92. The van der Waals surface area contributed by atoms with Crippen LogP contribution < -0.4 is 5.32 Å². The number of benzene rings is 1. The third-order valence-electron chi connectivity index (χ3n) is 5.62. The van der Waals surface area contributed by atoms with Crippen molar-refractivity contribution in [1.29, 1.82) is 0 Å². The first-order chi connectivity index (χ1) is 10.2. The number of anilines is 1. The average molecular weight is 348 g/mol. The molecule has 1 amide bonds. The van der Waals surface area contributed by atoms with Crippen LogP contribution in [-0.4, -0.2) is 17.6 Å². The molecular weight excluding hydrogens is 330 g/mol. The molecule has 21 heavy (non-hydrogen) atoms. The maximum absolute atomic E-state index is 12.7. The molecule has 3 aliphatic carbocycles. The van der Waals surface area contributed by atoms with Crippen molar-refractivity contribution in [2.45, 2.75) is 12.8 Å². The van der Waals surface area contributed by atoms with Crippen LogP contribution in [0.1, 0.15) is 12.8 Å². The van der Waals surface area contributed by atoms with Crippen LogP contribution in [0.2, 0.25) is 0 Å². The molecule has 0 saturated heterocycles. The number of aliphatic hydroxyl groups excluding tert-OH is 1. The Hall–Kier alpha value is -1.13. The molecule has 4 heteroatoms. The summed E-state index contributed by atoms with van der Waals surface area (Å²) in [5, 5.41) is 12.8. The lowest BCUT2D eigenvalue weighted by atomic mass is 9.83. The van der Waals surface area contributed by atoms with Crippen LogP contribution in [0.15, 0.2) is 40.9 Å². The second-order valence-electron chi connectivity index (χ2n) is 6.54. The Morgan fingerprint density at radius 2 is 1.90 bits per heavy atom. The van der Waals surface area contributed by atoms with E-state index in [4.69, 9.17) is 0 Å². The Labute approximate surface area is 132 Å². The molecule has 2 fully saturated rings. The predicted molar refractivity (Wildman–Crippen MR) is 84.6 cm³/mol. The summed E-state index contributed by atoms with van der Waals surface area (Å²) in [6.45, 7) is 0.103. The minimum atomic E-state index is -0.0869. The molecular formula is C17H18BrNO2. The average Bonchev–Trinajstić information content (AvgIpc) is 3.15. The van der Waals surface area contributed by atoms with E-state index in [0.717, 1.165) is 10.2 Å². The summed E-state index contributed by atoms with van der Waals surface area (Å²) in [6.07, 6.45) is 6.86. The monoisotopic (exact) mass is 347 g/mol. The van der Waals surface area contributed by atoms with Crippen LogP contribution >= 0.6 is 15.9 Å². The standard InChI is InChI=1S/C17H18BrNO2/c18-10-1-3-11(4-2-10)19-16(21)15-12(9-20)13-5-6-14(15)17(13)7-8-17/h1-6,12-15,20H,7-9H2,(H,19,21). The Kier molecular flexibility index (Phi) is 3.02. The highest BCUT2D eigenvalue weighted by atomic mass is 79.9. The van der Waals surface area contributed by atoms with Gasteiger partial charge in [-0.1, -0.05) is 28.1 Å². The van der Waals surface area contributed by atoms with Crippen molar-refractivity contribution in [3.63, 3.8) is 0 Å². The van der Waals surface area contributed by atoms with Gasteiger partial charge in [0.05, 0.1) is 5.92 Å². The van der Waals surface area contributed by atoms with Gasteiger partial charge in [-0.3, -0.25) is 4.79 Å². The molecule has 3 aliphatic rings. The molecule has 0 heterocycles. The molecule has 1 aromatic rings. The van der Waals surface area contributed by atoms with Gasteiger partial charge in [0, 0.05) is 22.7 Å². The largest absolute Gasteiger partial charge is 0.396 e. The van der Waals surface area contributed by atoms with Crippen LogP contribution in [0.25, 0.3) is 0 Å². The summed E-state index contributed by atoms with van der Waals surface area (Å²) >= 11 is 3.39. The van der Waals surface area contributed by atoms with Gasteiger partial charge in [0.25, 0.3) is 0 Å². The minimum absolute atomic E-state index is 0.0551. The zero-order valence-corrected chi connectivity index (χ0v) is 13.2. The smallest absolute Gasteiger partial charge is 0.228 e. The van der Waals surface area contributed by atoms with Gasteiger partial charge in [-0.05, 0) is 54.4 Å². The number of amides is 1. The summed E-state index contributed by atoms with van der Waals surface area (Å²) in [4.78, 5) is 12.7. The SMILES string of the molecule is O=C(Nc1ccc(Br)cc1)C1C(CO)C2C=CC1C21CC1. The van der Waals surface area contributed by atoms with E-state index < -0.39 is 0 Å². The van der Waals surface area contributed by atoms with Gasteiger partial charge in [0.2, 0.25) is 5.91 Å². The van der Waals surface area contributed by atoms with Gasteiger partial charge in [-0.2, -0.15) is 0 Å². The molecule has 2 N–H and O–H groups in total. The normalized spacial score (nSPS) is 34.4. The van der Waals surface area contributed by atoms with E-state index in [1.165, 1.54) is 12.8 Å². The van der Waals surface area contributed by atoms with Crippen molar-refractivity contribution in [3.8, 4) is 0 Å². The summed E-state index contributed by atoms with van der Waals surface area (Å²) in [7, 11) is 0.